The Kier molecular flexibility index (Phi) is 5.43. The van der Waals surface area contributed by atoms with Gasteiger partial charge in [-0.25, -0.2) is 0 Å². The van der Waals surface area contributed by atoms with Crippen molar-refractivity contribution in [2.24, 2.45) is 11.8 Å². The van der Waals surface area contributed by atoms with Crippen LogP contribution < -0.4 is 0 Å². The van der Waals surface area contributed by atoms with Gasteiger partial charge in [-0.3, -0.25) is 14.4 Å². The van der Waals surface area contributed by atoms with Gasteiger partial charge in [-0.15, -0.1) is 0 Å². The van der Waals surface area contributed by atoms with E-state index < -0.39 is 41.1 Å². The predicted molar refractivity (Wildman–Crippen MR) is 81.9 cm³/mol. The Morgan fingerprint density at radius 1 is 1.29 bits per heavy atom. The van der Waals surface area contributed by atoms with Gasteiger partial charge >= 0.3 is 11.9 Å². The molecule has 7 nitrogen and oxygen atoms in total. The van der Waals surface area contributed by atoms with Gasteiger partial charge in [0.15, 0.2) is 5.78 Å². The number of esters is 2. The second kappa shape index (κ2) is 7.17. The fraction of sp³-hybridized carbons (Fsp3) is 0.588. The zero-order valence-corrected chi connectivity index (χ0v) is 14.0. The summed E-state index contributed by atoms with van der Waals surface area (Å²) in [6.45, 7) is 4.89. The summed E-state index contributed by atoms with van der Waals surface area (Å²) in [6.07, 6.45) is 1.05. The molecule has 1 N–H and O–H groups in total. The summed E-state index contributed by atoms with van der Waals surface area (Å²) in [5.74, 6) is -4.94. The van der Waals surface area contributed by atoms with E-state index in [4.69, 9.17) is 13.9 Å². The highest BCUT2D eigenvalue weighted by Gasteiger charge is 2.58. The van der Waals surface area contributed by atoms with Gasteiger partial charge in [-0.2, -0.15) is 0 Å². The molecule has 4 atom stereocenters. The molecule has 1 aliphatic rings. The summed E-state index contributed by atoms with van der Waals surface area (Å²) in [7, 11) is 0. The number of carbonyl (C=O) groups excluding carboxylic acids is 3. The van der Waals surface area contributed by atoms with Gasteiger partial charge in [-0.1, -0.05) is 0 Å². The van der Waals surface area contributed by atoms with Gasteiger partial charge in [0.05, 0.1) is 36.9 Å². The van der Waals surface area contributed by atoms with Crippen LogP contribution in [0.4, 0.5) is 0 Å². The lowest BCUT2D eigenvalue weighted by atomic mass is 9.63. The zero-order chi connectivity index (χ0) is 17.9. The number of carbonyl (C=O) groups is 3. The van der Waals surface area contributed by atoms with Gasteiger partial charge < -0.3 is 19.0 Å². The Morgan fingerprint density at radius 2 is 1.92 bits per heavy atom. The van der Waals surface area contributed by atoms with Gasteiger partial charge in [0.1, 0.15) is 11.7 Å². The first-order valence-corrected chi connectivity index (χ1v) is 7.95. The molecule has 7 heteroatoms. The highest BCUT2D eigenvalue weighted by molar-refractivity contribution is 6.02. The van der Waals surface area contributed by atoms with Crippen LogP contribution in [-0.4, -0.2) is 41.6 Å². The lowest BCUT2D eigenvalue weighted by molar-refractivity contribution is -0.173. The smallest absolute Gasteiger partial charge is 0.317 e. The molecule has 0 bridgehead atoms. The Bertz CT molecular complexity index is 602. The largest absolute Gasteiger partial charge is 0.469 e. The topological polar surface area (TPSA) is 103 Å². The van der Waals surface area contributed by atoms with E-state index in [9.17, 15) is 19.5 Å². The Labute approximate surface area is 139 Å². The summed E-state index contributed by atoms with van der Waals surface area (Å²) < 4.78 is 15.4. The third-order valence-corrected chi connectivity index (χ3v) is 4.22. The van der Waals surface area contributed by atoms with Crippen molar-refractivity contribution in [3.05, 3.63) is 24.2 Å². The van der Waals surface area contributed by atoms with Crippen molar-refractivity contribution >= 4 is 17.7 Å². The van der Waals surface area contributed by atoms with E-state index in [0.29, 0.717) is 0 Å². The fourth-order valence-electron chi connectivity index (χ4n) is 3.30. The minimum atomic E-state index is -1.65. The maximum absolute atomic E-state index is 12.5. The van der Waals surface area contributed by atoms with E-state index in [1.165, 1.54) is 13.2 Å². The number of ketones is 1. The average Bonchev–Trinajstić information content (AvgIpc) is 2.99. The van der Waals surface area contributed by atoms with E-state index in [-0.39, 0.29) is 25.4 Å². The Hall–Kier alpha value is -2.15. The van der Waals surface area contributed by atoms with Crippen molar-refractivity contribution in [3.63, 3.8) is 0 Å². The molecule has 24 heavy (non-hydrogen) atoms. The van der Waals surface area contributed by atoms with Crippen LogP contribution in [0.1, 0.15) is 38.9 Å². The van der Waals surface area contributed by atoms with Crippen LogP contribution in [0.3, 0.4) is 0 Å². The van der Waals surface area contributed by atoms with Crippen LogP contribution in [0, 0.1) is 11.8 Å². The second-order valence-corrected chi connectivity index (χ2v) is 6.00. The number of hydrogen-bond donors (Lipinski definition) is 1. The number of aliphatic hydroxyl groups is 1. The molecule has 2 rings (SSSR count). The van der Waals surface area contributed by atoms with Crippen LogP contribution in [0.2, 0.25) is 0 Å². The lowest BCUT2D eigenvalue weighted by Crippen LogP contribution is -2.55. The molecule has 1 heterocycles. The van der Waals surface area contributed by atoms with Crippen molar-refractivity contribution in [1.82, 2.24) is 0 Å². The number of hydrogen-bond acceptors (Lipinski definition) is 7. The molecule has 0 aromatic carbocycles. The molecule has 0 spiro atoms. The summed E-state index contributed by atoms with van der Waals surface area (Å²) in [6, 6.07) is 3.16. The van der Waals surface area contributed by atoms with Crippen molar-refractivity contribution < 1.29 is 33.4 Å². The van der Waals surface area contributed by atoms with Gasteiger partial charge in [-0.05, 0) is 32.9 Å². The SMILES string of the molecule is CCOC(=O)[C@@H]1C(=O)C[C@](C)(O)[C@@H](C(=O)OCC)[C@H]1c1ccco1. The first-order valence-electron chi connectivity index (χ1n) is 7.95. The maximum Gasteiger partial charge on any atom is 0.317 e. The quantitative estimate of drug-likeness (QED) is 0.640. The second-order valence-electron chi connectivity index (χ2n) is 6.00. The number of ether oxygens (including phenoxy) is 2. The molecular weight excluding hydrogens is 316 g/mol. The molecule has 0 aliphatic heterocycles. The normalized spacial score (nSPS) is 30.0. The minimum Gasteiger partial charge on any atom is -0.469 e. The van der Waals surface area contributed by atoms with Crippen LogP contribution >= 0.6 is 0 Å². The predicted octanol–water partition coefficient (Wildman–Crippen LogP) is 1.45. The van der Waals surface area contributed by atoms with Crippen LogP contribution in [0.15, 0.2) is 22.8 Å². The molecule has 0 saturated heterocycles. The molecule has 1 fully saturated rings. The zero-order valence-electron chi connectivity index (χ0n) is 14.0. The van der Waals surface area contributed by atoms with Crippen LogP contribution in [0.25, 0.3) is 0 Å². The Balaban J connectivity index is 2.53. The molecule has 0 unspecified atom stereocenters. The summed E-state index contributed by atoms with van der Waals surface area (Å²) >= 11 is 0. The molecule has 0 amide bonds. The molecule has 1 aromatic heterocycles. The van der Waals surface area contributed by atoms with Crippen molar-refractivity contribution in [2.45, 2.75) is 38.7 Å². The first-order chi connectivity index (χ1) is 11.3. The first kappa shape index (κ1) is 18.2. The fourth-order valence-corrected chi connectivity index (χ4v) is 3.30. The molecular formula is C17H22O7. The van der Waals surface area contributed by atoms with Crippen LogP contribution in [-0.2, 0) is 23.9 Å². The highest BCUT2D eigenvalue weighted by atomic mass is 16.5. The van der Waals surface area contributed by atoms with E-state index in [1.807, 2.05) is 0 Å². The Morgan fingerprint density at radius 3 is 2.46 bits per heavy atom. The molecule has 1 aliphatic carbocycles. The van der Waals surface area contributed by atoms with E-state index in [2.05, 4.69) is 0 Å². The minimum absolute atomic E-state index is 0.105. The molecule has 1 saturated carbocycles. The van der Waals surface area contributed by atoms with Crippen molar-refractivity contribution in [3.8, 4) is 0 Å². The number of furan rings is 1. The summed E-state index contributed by atoms with van der Waals surface area (Å²) in [5.41, 5.74) is -1.65. The van der Waals surface area contributed by atoms with Crippen molar-refractivity contribution in [2.75, 3.05) is 13.2 Å². The monoisotopic (exact) mass is 338 g/mol. The van der Waals surface area contributed by atoms with E-state index >= 15 is 0 Å². The van der Waals surface area contributed by atoms with Gasteiger partial charge in [0, 0.05) is 6.42 Å². The molecule has 0 radical (unpaired) electrons. The number of Topliss-reactive ketones (excluding diaryl/α,β-unsaturated/α-hetero) is 1. The van der Waals surface area contributed by atoms with Gasteiger partial charge in [0.25, 0.3) is 0 Å². The maximum atomic E-state index is 12.5. The molecule has 1 aromatic rings. The van der Waals surface area contributed by atoms with Crippen molar-refractivity contribution in [1.29, 1.82) is 0 Å². The standard InChI is InChI=1S/C17H22O7/c1-4-22-15(19)12-10(18)9-17(3,21)14(16(20)23-5-2)13(12)11-7-6-8-24-11/h6-8,12-14,21H,4-5,9H2,1-3H3/t12-,13+,14-,17+/m1/s1. The highest BCUT2D eigenvalue weighted by Crippen LogP contribution is 2.46. The van der Waals surface area contributed by atoms with Gasteiger partial charge in [0.2, 0.25) is 0 Å². The summed E-state index contributed by atoms with van der Waals surface area (Å²) in [5, 5.41) is 10.7. The van der Waals surface area contributed by atoms with E-state index in [0.717, 1.165) is 0 Å². The van der Waals surface area contributed by atoms with E-state index in [1.54, 1.807) is 26.0 Å². The number of rotatable bonds is 5. The van der Waals surface area contributed by atoms with Crippen LogP contribution in [0.5, 0.6) is 0 Å². The molecule has 132 valence electrons. The third kappa shape index (κ3) is 3.36. The third-order valence-electron chi connectivity index (χ3n) is 4.22. The summed E-state index contributed by atoms with van der Waals surface area (Å²) in [4.78, 5) is 37.3. The lowest BCUT2D eigenvalue weighted by Gasteiger charge is -2.42. The average molecular weight is 338 g/mol.